The summed E-state index contributed by atoms with van der Waals surface area (Å²) in [5.74, 6) is -4.39. The number of imidazole rings is 1. The number of anilines is 2. The van der Waals surface area contributed by atoms with E-state index in [4.69, 9.17) is 44.6 Å². The van der Waals surface area contributed by atoms with Gasteiger partial charge in [-0.15, -0.1) is 16.1 Å². The maximum Gasteiger partial charge on any atom is 0.663 e. The van der Waals surface area contributed by atoms with Crippen molar-refractivity contribution in [1.29, 1.82) is 0 Å². The first-order valence-corrected chi connectivity index (χ1v) is 16.2. The SMILES string of the molecule is Nc1nc2c(ncn2C2=C3O[P+](O)(O)OCc4oc(N5C=CC6C(Cl)NCNC65)c(O)c4O[P+](O)(O)O/C=C(/O2)[C@H]3O)c(=O)[nH]1. The number of H-pyrrole nitrogens is 1. The molecule has 0 radical (unpaired) electrons. The number of aliphatic hydroxyl groups excluding tert-OH is 1. The number of rotatable bonds is 2. The molecule has 4 atom stereocenters. The Morgan fingerprint density at radius 3 is 2.76 bits per heavy atom. The summed E-state index contributed by atoms with van der Waals surface area (Å²) in [7, 11) is -9.88. The van der Waals surface area contributed by atoms with Gasteiger partial charge in [0.2, 0.25) is 17.6 Å². The summed E-state index contributed by atoms with van der Waals surface area (Å²) in [6, 6.07) is 0. The number of nitrogens with zero attached hydrogens (tertiary/aromatic N) is 4. The molecule has 3 unspecified atom stereocenters. The van der Waals surface area contributed by atoms with Gasteiger partial charge >= 0.3 is 16.3 Å². The highest BCUT2D eigenvalue weighted by Gasteiger charge is 2.53. The maximum absolute atomic E-state index is 12.3. The molecular formula is C21H23ClN8O13P2+2. The summed E-state index contributed by atoms with van der Waals surface area (Å²) in [6.45, 7) is -0.567. The van der Waals surface area contributed by atoms with Crippen LogP contribution in [0.4, 0.5) is 11.8 Å². The van der Waals surface area contributed by atoms with Crippen molar-refractivity contribution < 1.29 is 57.0 Å². The van der Waals surface area contributed by atoms with Gasteiger partial charge in [-0.25, -0.2) is 14.1 Å². The number of aromatic nitrogens is 4. The normalized spacial score (nSPS) is 28.4. The summed E-state index contributed by atoms with van der Waals surface area (Å²) in [5, 5.41) is 28.1. The second-order valence-electron chi connectivity index (χ2n) is 9.74. The van der Waals surface area contributed by atoms with Gasteiger partial charge in [-0.1, -0.05) is 6.08 Å². The standard InChI is InChI=1S/C21H21ClN8O13P2/c22-15-7-1-2-29(16(7)25-5-24-15)19-12(32)13-9(41-19)4-39-45(36,37)43-14-11(31)8(3-38-44(34,35)42-13)40-20(14)30-6-26-10-17(30)27-21(23)28-18(10)33/h1-3,6-7,11,15-16,24-25,31,34-37H,4-5H2,(H2-2,23,27,28,32,33)/p+2/b8-3+/t7?,11-,15?,16?/m1/s1. The molecule has 7 heterocycles. The fraction of sp³-hybridized carbons (Fsp3) is 0.286. The third-order valence-corrected chi connectivity index (χ3v) is 9.04. The van der Waals surface area contributed by atoms with Crippen LogP contribution < -0.4 is 31.4 Å². The highest BCUT2D eigenvalue weighted by atomic mass is 35.5. The number of nitrogens with two attached hydrogens (primary N) is 1. The second-order valence-corrected chi connectivity index (χ2v) is 13.0. The molecule has 0 amide bonds. The first kappa shape index (κ1) is 30.0. The average molecular weight is 693 g/mol. The zero-order valence-corrected chi connectivity index (χ0v) is 24.8. The van der Waals surface area contributed by atoms with Crippen molar-refractivity contribution >= 4 is 56.8 Å². The number of hydrogen-bond donors (Lipinski definition) is 10. The summed E-state index contributed by atoms with van der Waals surface area (Å²) in [4.78, 5) is 66.7. The van der Waals surface area contributed by atoms with E-state index >= 15 is 0 Å². The number of nitrogens with one attached hydrogen (secondary N) is 3. The molecule has 0 spiro atoms. The van der Waals surface area contributed by atoms with Crippen LogP contribution in [0, 0.1) is 5.92 Å². The summed E-state index contributed by atoms with van der Waals surface area (Å²) in [6.07, 6.45) is 2.45. The van der Waals surface area contributed by atoms with Crippen LogP contribution in [0.2, 0.25) is 0 Å². The quantitative estimate of drug-likeness (QED) is 0.0903. The largest absolute Gasteiger partial charge is 0.663 e. The van der Waals surface area contributed by atoms with Gasteiger partial charge in [0.25, 0.3) is 23.0 Å². The third-order valence-electron chi connectivity index (χ3n) is 6.89. The van der Waals surface area contributed by atoms with Crippen molar-refractivity contribution in [2.75, 3.05) is 17.3 Å². The third kappa shape index (κ3) is 5.23. The Labute approximate surface area is 255 Å². The van der Waals surface area contributed by atoms with Crippen molar-refractivity contribution in [3.05, 3.63) is 52.5 Å². The number of aliphatic hydroxyl groups is 1. The highest BCUT2D eigenvalue weighted by Crippen LogP contribution is 2.61. The Bertz CT molecular complexity index is 1840. The number of fused-ring (bicyclic) bond motifs is 5. The van der Waals surface area contributed by atoms with Crippen LogP contribution in [-0.2, 0) is 24.9 Å². The van der Waals surface area contributed by atoms with Crippen LogP contribution >= 0.6 is 27.9 Å². The molecule has 7 rings (SSSR count). The fourth-order valence-corrected chi connectivity index (χ4v) is 6.69. The van der Waals surface area contributed by atoms with Gasteiger partial charge < -0.3 is 25.1 Å². The van der Waals surface area contributed by atoms with Gasteiger partial charge in [0, 0.05) is 18.8 Å². The van der Waals surface area contributed by atoms with Crippen LogP contribution in [0.5, 0.6) is 11.5 Å². The molecule has 1 saturated heterocycles. The number of aromatic hydroxyl groups is 1. The predicted molar refractivity (Wildman–Crippen MR) is 151 cm³/mol. The minimum absolute atomic E-state index is 0.178. The number of nitrogen functional groups attached to an aromatic ring is 1. The van der Waals surface area contributed by atoms with E-state index in [1.807, 2.05) is 0 Å². The number of furan rings is 1. The van der Waals surface area contributed by atoms with Gasteiger partial charge in [-0.3, -0.25) is 34.4 Å². The van der Waals surface area contributed by atoms with Crippen LogP contribution in [0.1, 0.15) is 5.76 Å². The Morgan fingerprint density at radius 2 is 1.96 bits per heavy atom. The number of halogens is 1. The first-order chi connectivity index (χ1) is 21.3. The van der Waals surface area contributed by atoms with Crippen molar-refractivity contribution in [3.8, 4) is 11.5 Å². The lowest BCUT2D eigenvalue weighted by atomic mass is 10.1. The molecule has 0 saturated carbocycles. The summed E-state index contributed by atoms with van der Waals surface area (Å²) < 4.78 is 33.0. The number of ether oxygens (including phenoxy) is 1. The Kier molecular flexibility index (Phi) is 7.11. The maximum atomic E-state index is 12.3. The fourth-order valence-electron chi connectivity index (χ4n) is 4.91. The van der Waals surface area contributed by atoms with E-state index in [0.29, 0.717) is 12.9 Å². The van der Waals surface area contributed by atoms with Gasteiger partial charge in [0.1, 0.15) is 6.33 Å². The molecule has 2 bridgehead atoms. The van der Waals surface area contributed by atoms with E-state index in [1.165, 1.54) is 4.90 Å². The molecule has 0 aromatic carbocycles. The van der Waals surface area contributed by atoms with Gasteiger partial charge in [-0.05, 0) is 0 Å². The zero-order valence-electron chi connectivity index (χ0n) is 22.2. The molecule has 45 heavy (non-hydrogen) atoms. The van der Waals surface area contributed by atoms with Crippen molar-refractivity contribution in [1.82, 2.24) is 30.2 Å². The topological polar surface area (TPSA) is 298 Å². The molecule has 11 N–H and O–H groups in total. The minimum Gasteiger partial charge on any atom is -0.500 e. The van der Waals surface area contributed by atoms with E-state index in [1.54, 1.807) is 12.3 Å². The summed E-state index contributed by atoms with van der Waals surface area (Å²) in [5.41, 5.74) is 4.10. The average Bonchev–Trinajstić information content (AvgIpc) is 3.72. The molecule has 1 fully saturated rings. The van der Waals surface area contributed by atoms with Crippen LogP contribution in [-0.4, -0.2) is 73.7 Å². The molecule has 240 valence electrons. The van der Waals surface area contributed by atoms with E-state index in [9.17, 15) is 34.6 Å². The van der Waals surface area contributed by atoms with Crippen molar-refractivity contribution in [2.45, 2.75) is 24.4 Å². The van der Waals surface area contributed by atoms with Gasteiger partial charge in [0.15, 0.2) is 41.7 Å². The minimum atomic E-state index is -4.95. The molecule has 21 nitrogen and oxygen atoms in total. The predicted octanol–water partition coefficient (Wildman–Crippen LogP) is -0.683. The van der Waals surface area contributed by atoms with Crippen LogP contribution in [0.3, 0.4) is 0 Å². The van der Waals surface area contributed by atoms with E-state index in [2.05, 4.69) is 25.6 Å². The number of aromatic amines is 1. The Balaban J connectivity index is 1.27. The van der Waals surface area contributed by atoms with Gasteiger partial charge in [-0.2, -0.15) is 24.6 Å². The lowest BCUT2D eigenvalue weighted by Gasteiger charge is -2.35. The van der Waals surface area contributed by atoms with Crippen LogP contribution in [0.25, 0.3) is 17.0 Å². The molecule has 3 aromatic heterocycles. The smallest absolute Gasteiger partial charge is 0.500 e. The lowest BCUT2D eigenvalue weighted by Crippen LogP contribution is -2.58. The molecule has 3 aromatic rings. The monoisotopic (exact) mass is 692 g/mol. The van der Waals surface area contributed by atoms with E-state index in [-0.39, 0.29) is 28.9 Å². The second kappa shape index (κ2) is 10.7. The molecular weight excluding hydrogens is 670 g/mol. The van der Waals surface area contributed by atoms with Crippen LogP contribution in [0.15, 0.2) is 45.6 Å². The van der Waals surface area contributed by atoms with Gasteiger partial charge in [0.05, 0.1) is 11.7 Å². The molecule has 24 heteroatoms. The van der Waals surface area contributed by atoms with E-state index in [0.717, 1.165) is 10.9 Å². The summed E-state index contributed by atoms with van der Waals surface area (Å²) >= 11 is 6.35. The van der Waals surface area contributed by atoms with E-state index < -0.39 is 80.9 Å². The highest BCUT2D eigenvalue weighted by molar-refractivity contribution is 7.55. The van der Waals surface area contributed by atoms with Crippen molar-refractivity contribution in [2.24, 2.45) is 5.92 Å². The number of hydrogen-bond acceptors (Lipinski definition) is 19. The number of alkyl halides is 1. The zero-order chi connectivity index (χ0) is 31.8. The Morgan fingerprint density at radius 1 is 1.16 bits per heavy atom. The Hall–Kier alpha value is -3.72. The first-order valence-electron chi connectivity index (χ1n) is 12.7. The molecule has 4 aliphatic heterocycles. The molecule has 0 aliphatic carbocycles. The van der Waals surface area contributed by atoms with Crippen molar-refractivity contribution in [3.63, 3.8) is 0 Å². The lowest BCUT2D eigenvalue weighted by molar-refractivity contribution is 0.102. The molecule has 4 aliphatic rings.